The minimum absolute atomic E-state index is 0.0789. The molecule has 0 bridgehead atoms. The zero-order valence-corrected chi connectivity index (χ0v) is 15.0. The van der Waals surface area contributed by atoms with E-state index in [0.717, 1.165) is 29.4 Å². The number of aryl methyl sites for hydroxylation is 1. The van der Waals surface area contributed by atoms with Crippen molar-refractivity contribution in [2.24, 2.45) is 0 Å². The summed E-state index contributed by atoms with van der Waals surface area (Å²) in [4.78, 5) is 22.3. The summed E-state index contributed by atoms with van der Waals surface area (Å²) in [7, 11) is 1.67. The van der Waals surface area contributed by atoms with Crippen LogP contribution >= 0.6 is 0 Å². The second-order valence-electron chi connectivity index (χ2n) is 6.77. The first kappa shape index (κ1) is 16.1. The van der Waals surface area contributed by atoms with Crippen molar-refractivity contribution in [2.75, 3.05) is 18.7 Å². The van der Waals surface area contributed by atoms with Crippen LogP contribution in [0.15, 0.2) is 29.1 Å². The largest absolute Gasteiger partial charge is 0.495 e. The first-order valence-electron chi connectivity index (χ1n) is 8.89. The summed E-state index contributed by atoms with van der Waals surface area (Å²) in [6, 6.07) is 8.47. The SMILES string of the molecule is CCc1c(C)nc2n(c1=O)CN(C1CC1)CN2c1ccccc1OC. The average Bonchev–Trinajstić information content (AvgIpc) is 3.46. The molecule has 1 aromatic heterocycles. The second kappa shape index (κ2) is 6.19. The molecule has 0 spiro atoms. The van der Waals surface area contributed by atoms with Gasteiger partial charge in [-0.15, -0.1) is 0 Å². The highest BCUT2D eigenvalue weighted by molar-refractivity contribution is 5.66. The Morgan fingerprint density at radius 3 is 2.68 bits per heavy atom. The van der Waals surface area contributed by atoms with Crippen molar-refractivity contribution in [3.63, 3.8) is 0 Å². The highest BCUT2D eigenvalue weighted by Crippen LogP contribution is 2.37. The number of methoxy groups -OCH3 is 1. The Morgan fingerprint density at radius 1 is 1.24 bits per heavy atom. The predicted molar refractivity (Wildman–Crippen MR) is 97.5 cm³/mol. The van der Waals surface area contributed by atoms with E-state index in [1.54, 1.807) is 7.11 Å². The van der Waals surface area contributed by atoms with E-state index in [-0.39, 0.29) is 5.56 Å². The van der Waals surface area contributed by atoms with Crippen LogP contribution in [0.25, 0.3) is 0 Å². The molecule has 25 heavy (non-hydrogen) atoms. The molecule has 2 aliphatic rings. The Morgan fingerprint density at radius 2 is 2.00 bits per heavy atom. The summed E-state index contributed by atoms with van der Waals surface area (Å²) >= 11 is 0. The van der Waals surface area contributed by atoms with Gasteiger partial charge in [0.25, 0.3) is 5.56 Å². The molecule has 1 aliphatic carbocycles. The maximum absolute atomic E-state index is 13.0. The average molecular weight is 340 g/mol. The van der Waals surface area contributed by atoms with Crippen molar-refractivity contribution in [3.05, 3.63) is 45.9 Å². The summed E-state index contributed by atoms with van der Waals surface area (Å²) < 4.78 is 7.37. The third kappa shape index (κ3) is 2.70. The van der Waals surface area contributed by atoms with E-state index in [4.69, 9.17) is 9.72 Å². The van der Waals surface area contributed by atoms with Gasteiger partial charge < -0.3 is 4.74 Å². The molecule has 0 radical (unpaired) electrons. The van der Waals surface area contributed by atoms with Gasteiger partial charge in [0.1, 0.15) is 5.75 Å². The number of anilines is 2. The number of hydrogen-bond acceptors (Lipinski definition) is 5. The van der Waals surface area contributed by atoms with Gasteiger partial charge in [-0.3, -0.25) is 19.2 Å². The highest BCUT2D eigenvalue weighted by atomic mass is 16.5. The molecular weight excluding hydrogens is 316 g/mol. The minimum atomic E-state index is 0.0789. The number of benzene rings is 1. The fourth-order valence-corrected chi connectivity index (χ4v) is 3.61. The van der Waals surface area contributed by atoms with E-state index in [9.17, 15) is 4.79 Å². The Hall–Kier alpha value is -2.34. The lowest BCUT2D eigenvalue weighted by atomic mass is 10.2. The Labute approximate surface area is 147 Å². The number of nitrogens with zero attached hydrogens (tertiary/aromatic N) is 4. The Kier molecular flexibility index (Phi) is 4.00. The quantitative estimate of drug-likeness (QED) is 0.856. The number of para-hydroxylation sites is 2. The van der Waals surface area contributed by atoms with Crippen molar-refractivity contribution in [2.45, 2.75) is 45.8 Å². The molecule has 0 atom stereocenters. The topological polar surface area (TPSA) is 50.6 Å². The maximum atomic E-state index is 13.0. The zero-order chi connectivity index (χ0) is 17.6. The Bertz CT molecular complexity index is 857. The van der Waals surface area contributed by atoms with Crippen molar-refractivity contribution in [3.8, 4) is 5.75 Å². The number of ether oxygens (including phenoxy) is 1. The molecule has 1 fully saturated rings. The smallest absolute Gasteiger partial charge is 0.259 e. The fraction of sp³-hybridized carbons (Fsp3) is 0.474. The van der Waals surface area contributed by atoms with Crippen LogP contribution in [0.3, 0.4) is 0 Å². The predicted octanol–water partition coefficient (Wildman–Crippen LogP) is 2.65. The van der Waals surface area contributed by atoms with Crippen molar-refractivity contribution in [1.29, 1.82) is 0 Å². The van der Waals surface area contributed by atoms with Crippen molar-refractivity contribution >= 4 is 11.6 Å². The van der Waals surface area contributed by atoms with Crippen molar-refractivity contribution < 1.29 is 4.74 Å². The molecule has 0 unspecified atom stereocenters. The van der Waals surface area contributed by atoms with Gasteiger partial charge in [-0.25, -0.2) is 4.98 Å². The summed E-state index contributed by atoms with van der Waals surface area (Å²) in [5, 5.41) is 0. The lowest BCUT2D eigenvalue weighted by Crippen LogP contribution is -2.48. The van der Waals surface area contributed by atoms with Gasteiger partial charge in [0.15, 0.2) is 0 Å². The molecule has 0 amide bonds. The third-order valence-corrected chi connectivity index (χ3v) is 5.13. The Balaban J connectivity index is 1.89. The first-order valence-corrected chi connectivity index (χ1v) is 8.89. The van der Waals surface area contributed by atoms with Crippen LogP contribution in [0, 0.1) is 6.92 Å². The molecule has 1 aromatic carbocycles. The van der Waals surface area contributed by atoms with Gasteiger partial charge in [-0.05, 0) is 38.3 Å². The van der Waals surface area contributed by atoms with Gasteiger partial charge in [0, 0.05) is 17.3 Å². The van der Waals surface area contributed by atoms with Crippen LogP contribution in [-0.4, -0.2) is 34.3 Å². The highest BCUT2D eigenvalue weighted by Gasteiger charge is 2.36. The zero-order valence-electron chi connectivity index (χ0n) is 15.0. The van der Waals surface area contributed by atoms with Crippen LogP contribution in [0.2, 0.25) is 0 Å². The molecular formula is C19H24N4O2. The van der Waals surface area contributed by atoms with E-state index in [1.165, 1.54) is 12.8 Å². The summed E-state index contributed by atoms with van der Waals surface area (Å²) in [5.74, 6) is 1.50. The van der Waals surface area contributed by atoms with Crippen LogP contribution < -0.4 is 15.2 Å². The van der Waals surface area contributed by atoms with Crippen molar-refractivity contribution in [1.82, 2.24) is 14.5 Å². The number of aromatic nitrogens is 2. The summed E-state index contributed by atoms with van der Waals surface area (Å²) in [6.45, 7) is 5.28. The first-order chi connectivity index (χ1) is 12.1. The molecule has 6 nitrogen and oxygen atoms in total. The fourth-order valence-electron chi connectivity index (χ4n) is 3.61. The van der Waals surface area contributed by atoms with Crippen LogP contribution in [-0.2, 0) is 13.1 Å². The number of rotatable bonds is 4. The summed E-state index contributed by atoms with van der Waals surface area (Å²) in [5.41, 5.74) is 2.65. The van der Waals surface area contributed by atoms with Gasteiger partial charge in [0.2, 0.25) is 5.95 Å². The monoisotopic (exact) mass is 340 g/mol. The van der Waals surface area contributed by atoms with Gasteiger partial charge in [0.05, 0.1) is 26.1 Å². The molecule has 0 N–H and O–H groups in total. The molecule has 132 valence electrons. The van der Waals surface area contributed by atoms with Crippen LogP contribution in [0.5, 0.6) is 5.75 Å². The normalized spacial score (nSPS) is 17.5. The van der Waals surface area contributed by atoms with Crippen LogP contribution in [0.1, 0.15) is 31.0 Å². The van der Waals surface area contributed by atoms with Gasteiger partial charge in [-0.2, -0.15) is 0 Å². The van der Waals surface area contributed by atoms with E-state index < -0.39 is 0 Å². The minimum Gasteiger partial charge on any atom is -0.495 e. The molecule has 1 saturated carbocycles. The second-order valence-corrected chi connectivity index (χ2v) is 6.77. The van der Waals surface area contributed by atoms with E-state index in [2.05, 4.69) is 9.80 Å². The van der Waals surface area contributed by atoms with Gasteiger partial charge in [-0.1, -0.05) is 19.1 Å². The molecule has 6 heteroatoms. The molecule has 2 heterocycles. The van der Waals surface area contributed by atoms with E-state index >= 15 is 0 Å². The molecule has 1 aliphatic heterocycles. The van der Waals surface area contributed by atoms with Crippen LogP contribution in [0.4, 0.5) is 11.6 Å². The van der Waals surface area contributed by atoms with E-state index in [1.807, 2.05) is 42.7 Å². The third-order valence-electron chi connectivity index (χ3n) is 5.13. The molecule has 0 saturated heterocycles. The lowest BCUT2D eigenvalue weighted by molar-refractivity contribution is 0.188. The lowest BCUT2D eigenvalue weighted by Gasteiger charge is -2.39. The maximum Gasteiger partial charge on any atom is 0.259 e. The van der Waals surface area contributed by atoms with Gasteiger partial charge >= 0.3 is 0 Å². The summed E-state index contributed by atoms with van der Waals surface area (Å²) in [6.07, 6.45) is 3.10. The number of fused-ring (bicyclic) bond motifs is 1. The number of hydrogen-bond donors (Lipinski definition) is 0. The molecule has 4 rings (SSSR count). The standard InChI is InChI=1S/C19H24N4O2/c1-4-15-13(2)20-19-22(16-7-5-6-8-17(16)25-3)11-21(14-9-10-14)12-23(19)18(15)24/h5-8,14H,4,9-12H2,1-3H3. The molecule has 2 aromatic rings. The van der Waals surface area contributed by atoms with E-state index in [0.29, 0.717) is 25.1 Å².